The Hall–Kier alpha value is -0.830. The lowest BCUT2D eigenvalue weighted by atomic mass is 9.99. The van der Waals surface area contributed by atoms with Gasteiger partial charge in [-0.3, -0.25) is 4.79 Å². The highest BCUT2D eigenvalue weighted by Gasteiger charge is 2.21. The molecule has 0 bridgehead atoms. The minimum atomic E-state index is 0.110. The molecule has 0 spiro atoms. The van der Waals surface area contributed by atoms with E-state index in [2.05, 4.69) is 39.9 Å². The molecule has 0 saturated carbocycles. The van der Waals surface area contributed by atoms with Crippen LogP contribution in [0.25, 0.3) is 0 Å². The average Bonchev–Trinajstić information content (AvgIpc) is 2.38. The lowest BCUT2D eigenvalue weighted by molar-refractivity contribution is 0.101. The highest BCUT2D eigenvalue weighted by atomic mass is 79.9. The molecule has 0 aromatic heterocycles. The number of carbonyl (C=O) groups excluding carboxylic acids is 1. The summed E-state index contributed by atoms with van der Waals surface area (Å²) in [5.74, 6) is 0.110. The van der Waals surface area contributed by atoms with E-state index >= 15 is 0 Å². The molecule has 0 aliphatic carbocycles. The first-order chi connectivity index (χ1) is 8.63. The number of piperidine rings is 1. The van der Waals surface area contributed by atoms with E-state index in [0.29, 0.717) is 6.04 Å². The van der Waals surface area contributed by atoms with Gasteiger partial charge in [-0.15, -0.1) is 0 Å². The largest absolute Gasteiger partial charge is 0.369 e. The summed E-state index contributed by atoms with van der Waals surface area (Å²) < 4.78 is 0.910. The molecule has 0 radical (unpaired) electrons. The van der Waals surface area contributed by atoms with Crippen molar-refractivity contribution < 1.29 is 4.79 Å². The standard InChI is InChI=1S/C15H20BrNO/c1-3-12-6-4-5-9-17(12)13-7-8-14(11(2)18)15(16)10-13/h7-8,10,12H,3-6,9H2,1-2H3. The molecule has 1 aliphatic heterocycles. The number of nitrogens with zero attached hydrogens (tertiary/aromatic N) is 1. The van der Waals surface area contributed by atoms with Crippen LogP contribution in [0.5, 0.6) is 0 Å². The summed E-state index contributed by atoms with van der Waals surface area (Å²) >= 11 is 3.51. The lowest BCUT2D eigenvalue weighted by Crippen LogP contribution is -2.39. The van der Waals surface area contributed by atoms with Crippen molar-refractivity contribution in [3.8, 4) is 0 Å². The Balaban J connectivity index is 2.27. The van der Waals surface area contributed by atoms with Crippen LogP contribution in [0.15, 0.2) is 22.7 Å². The molecule has 1 aromatic rings. The van der Waals surface area contributed by atoms with Crippen LogP contribution in [0.1, 0.15) is 49.9 Å². The van der Waals surface area contributed by atoms with Crippen molar-refractivity contribution in [2.75, 3.05) is 11.4 Å². The Morgan fingerprint density at radius 3 is 2.83 bits per heavy atom. The molecule has 1 fully saturated rings. The van der Waals surface area contributed by atoms with Crippen molar-refractivity contribution in [2.45, 2.75) is 45.6 Å². The quantitative estimate of drug-likeness (QED) is 0.770. The molecule has 1 unspecified atom stereocenters. The van der Waals surface area contributed by atoms with E-state index in [9.17, 15) is 4.79 Å². The van der Waals surface area contributed by atoms with Gasteiger partial charge in [0.1, 0.15) is 0 Å². The van der Waals surface area contributed by atoms with Crippen LogP contribution in [-0.2, 0) is 0 Å². The maximum absolute atomic E-state index is 11.4. The van der Waals surface area contributed by atoms with Crippen molar-refractivity contribution in [1.82, 2.24) is 0 Å². The Morgan fingerprint density at radius 2 is 2.22 bits per heavy atom. The van der Waals surface area contributed by atoms with Gasteiger partial charge in [0.2, 0.25) is 0 Å². The molecule has 1 saturated heterocycles. The van der Waals surface area contributed by atoms with Gasteiger partial charge >= 0.3 is 0 Å². The minimum Gasteiger partial charge on any atom is -0.369 e. The van der Waals surface area contributed by atoms with Crippen LogP contribution in [-0.4, -0.2) is 18.4 Å². The molecule has 3 heteroatoms. The van der Waals surface area contributed by atoms with Crippen molar-refractivity contribution in [3.63, 3.8) is 0 Å². The lowest BCUT2D eigenvalue weighted by Gasteiger charge is -2.37. The van der Waals surface area contributed by atoms with Crippen LogP contribution >= 0.6 is 15.9 Å². The molecule has 18 heavy (non-hydrogen) atoms. The van der Waals surface area contributed by atoms with E-state index in [1.165, 1.54) is 31.4 Å². The number of halogens is 1. The molecule has 2 rings (SSSR count). The fourth-order valence-corrected chi connectivity index (χ4v) is 3.38. The number of rotatable bonds is 3. The number of hydrogen-bond donors (Lipinski definition) is 0. The topological polar surface area (TPSA) is 20.3 Å². The third kappa shape index (κ3) is 2.77. The zero-order valence-electron chi connectivity index (χ0n) is 11.1. The molecular weight excluding hydrogens is 290 g/mol. The maximum Gasteiger partial charge on any atom is 0.160 e. The molecule has 98 valence electrons. The van der Waals surface area contributed by atoms with Crippen LogP contribution in [0.3, 0.4) is 0 Å². The Morgan fingerprint density at radius 1 is 1.44 bits per heavy atom. The highest BCUT2D eigenvalue weighted by molar-refractivity contribution is 9.10. The highest BCUT2D eigenvalue weighted by Crippen LogP contribution is 2.30. The molecule has 0 N–H and O–H groups in total. The zero-order valence-corrected chi connectivity index (χ0v) is 12.7. The average molecular weight is 310 g/mol. The van der Waals surface area contributed by atoms with E-state index in [1.54, 1.807) is 6.92 Å². The molecule has 0 amide bonds. The molecule has 1 atom stereocenters. The van der Waals surface area contributed by atoms with Gasteiger partial charge in [-0.25, -0.2) is 0 Å². The summed E-state index contributed by atoms with van der Waals surface area (Å²) in [6, 6.07) is 6.75. The van der Waals surface area contributed by atoms with Gasteiger partial charge in [-0.05, 0) is 66.7 Å². The van der Waals surface area contributed by atoms with E-state index in [4.69, 9.17) is 0 Å². The predicted molar refractivity (Wildman–Crippen MR) is 79.4 cm³/mol. The molecule has 1 aromatic carbocycles. The maximum atomic E-state index is 11.4. The van der Waals surface area contributed by atoms with Gasteiger partial charge in [-0.1, -0.05) is 6.92 Å². The van der Waals surface area contributed by atoms with Crippen LogP contribution in [0, 0.1) is 0 Å². The van der Waals surface area contributed by atoms with E-state index in [0.717, 1.165) is 16.6 Å². The molecule has 1 heterocycles. The number of hydrogen-bond acceptors (Lipinski definition) is 2. The first kappa shape index (κ1) is 13.6. The van der Waals surface area contributed by atoms with Gasteiger partial charge in [0.25, 0.3) is 0 Å². The number of Topliss-reactive ketones (excluding diaryl/α,β-unsaturated/α-hetero) is 1. The minimum absolute atomic E-state index is 0.110. The van der Waals surface area contributed by atoms with Gasteiger partial charge in [0.15, 0.2) is 5.78 Å². The van der Waals surface area contributed by atoms with Crippen molar-refractivity contribution in [3.05, 3.63) is 28.2 Å². The van der Waals surface area contributed by atoms with Crippen molar-refractivity contribution in [2.24, 2.45) is 0 Å². The summed E-state index contributed by atoms with van der Waals surface area (Å²) in [7, 11) is 0. The number of ketones is 1. The van der Waals surface area contributed by atoms with Crippen LogP contribution in [0.4, 0.5) is 5.69 Å². The molecule has 2 nitrogen and oxygen atoms in total. The van der Waals surface area contributed by atoms with E-state index < -0.39 is 0 Å². The van der Waals surface area contributed by atoms with Gasteiger partial charge in [-0.2, -0.15) is 0 Å². The summed E-state index contributed by atoms with van der Waals surface area (Å²) in [5.41, 5.74) is 2.00. The molecule has 1 aliphatic rings. The van der Waals surface area contributed by atoms with Gasteiger partial charge < -0.3 is 4.90 Å². The zero-order chi connectivity index (χ0) is 13.1. The number of anilines is 1. The van der Waals surface area contributed by atoms with Crippen molar-refractivity contribution >= 4 is 27.4 Å². The van der Waals surface area contributed by atoms with Crippen molar-refractivity contribution in [1.29, 1.82) is 0 Å². The SMILES string of the molecule is CCC1CCCCN1c1ccc(C(C)=O)c(Br)c1. The Labute approximate surface area is 117 Å². The second-order valence-corrected chi connectivity index (χ2v) is 5.83. The van der Waals surface area contributed by atoms with Crippen LogP contribution in [0.2, 0.25) is 0 Å². The second-order valence-electron chi connectivity index (χ2n) is 4.97. The first-order valence-electron chi connectivity index (χ1n) is 6.70. The third-order valence-corrected chi connectivity index (χ3v) is 4.42. The summed E-state index contributed by atoms with van der Waals surface area (Å²) in [6.07, 6.45) is 5.07. The van der Waals surface area contributed by atoms with E-state index in [-0.39, 0.29) is 5.78 Å². The second kappa shape index (κ2) is 5.87. The summed E-state index contributed by atoms with van der Waals surface area (Å²) in [4.78, 5) is 13.9. The fraction of sp³-hybridized carbons (Fsp3) is 0.533. The summed E-state index contributed by atoms with van der Waals surface area (Å²) in [6.45, 7) is 4.99. The third-order valence-electron chi connectivity index (χ3n) is 3.76. The van der Waals surface area contributed by atoms with Gasteiger partial charge in [0.05, 0.1) is 0 Å². The Bertz CT molecular complexity index is 444. The number of carbonyl (C=O) groups is 1. The first-order valence-corrected chi connectivity index (χ1v) is 7.50. The monoisotopic (exact) mass is 309 g/mol. The van der Waals surface area contributed by atoms with Crippen LogP contribution < -0.4 is 4.90 Å². The summed E-state index contributed by atoms with van der Waals surface area (Å²) in [5, 5.41) is 0. The Kier molecular flexibility index (Phi) is 4.44. The van der Waals surface area contributed by atoms with Gasteiger partial charge in [0, 0.05) is 28.3 Å². The smallest absolute Gasteiger partial charge is 0.160 e. The fourth-order valence-electron chi connectivity index (χ4n) is 2.73. The predicted octanol–water partition coefficient (Wildman–Crippen LogP) is 4.42. The number of benzene rings is 1. The van der Waals surface area contributed by atoms with E-state index in [1.807, 2.05) is 6.07 Å². The normalized spacial score (nSPS) is 19.9. The molecular formula is C15H20BrNO.